The highest BCUT2D eigenvalue weighted by atomic mass is 17.2. The second-order valence-electron chi connectivity index (χ2n) is 7.33. The fourth-order valence-corrected chi connectivity index (χ4v) is 4.26. The molecular formula is C22H22O3. The minimum absolute atomic E-state index is 0.243. The van der Waals surface area contributed by atoms with Crippen LogP contribution in [0, 0.1) is 0 Å². The summed E-state index contributed by atoms with van der Waals surface area (Å²) in [6, 6.07) is 15.2. The zero-order valence-electron chi connectivity index (χ0n) is 14.3. The van der Waals surface area contributed by atoms with Crippen molar-refractivity contribution in [1.29, 1.82) is 0 Å². The van der Waals surface area contributed by atoms with Gasteiger partial charge in [0.25, 0.3) is 0 Å². The summed E-state index contributed by atoms with van der Waals surface area (Å²) in [7, 11) is 0. The van der Waals surface area contributed by atoms with E-state index < -0.39 is 5.79 Å². The summed E-state index contributed by atoms with van der Waals surface area (Å²) in [5, 5.41) is 0. The summed E-state index contributed by atoms with van der Waals surface area (Å²) >= 11 is 0. The van der Waals surface area contributed by atoms with Crippen molar-refractivity contribution in [3.05, 3.63) is 65.7 Å². The zero-order valence-corrected chi connectivity index (χ0v) is 14.3. The zero-order chi connectivity index (χ0) is 16.9. The molecule has 3 heteroatoms. The van der Waals surface area contributed by atoms with Crippen LogP contribution in [0.3, 0.4) is 0 Å². The smallest absolute Gasteiger partial charge is 0.201 e. The van der Waals surface area contributed by atoms with E-state index in [4.69, 9.17) is 14.5 Å². The van der Waals surface area contributed by atoms with Crippen LogP contribution in [0.2, 0.25) is 0 Å². The van der Waals surface area contributed by atoms with Gasteiger partial charge in [-0.2, -0.15) is 0 Å². The highest BCUT2D eigenvalue weighted by molar-refractivity contribution is 5.79. The van der Waals surface area contributed by atoms with Crippen LogP contribution in [0.4, 0.5) is 0 Å². The van der Waals surface area contributed by atoms with E-state index in [0.717, 1.165) is 43.2 Å². The second kappa shape index (κ2) is 5.80. The molecule has 1 saturated carbocycles. The van der Waals surface area contributed by atoms with Crippen LogP contribution in [0.15, 0.2) is 49.0 Å². The van der Waals surface area contributed by atoms with Crippen LogP contribution in [0.25, 0.3) is 16.7 Å². The van der Waals surface area contributed by atoms with E-state index in [9.17, 15) is 0 Å². The number of ether oxygens (including phenoxy) is 1. The lowest BCUT2D eigenvalue weighted by Crippen LogP contribution is -2.43. The molecule has 2 aromatic rings. The number of rotatable bonds is 2. The third-order valence-electron chi connectivity index (χ3n) is 5.73. The van der Waals surface area contributed by atoms with Gasteiger partial charge in [-0.1, -0.05) is 49.0 Å². The first-order chi connectivity index (χ1) is 12.2. The van der Waals surface area contributed by atoms with Crippen molar-refractivity contribution in [1.82, 2.24) is 0 Å². The van der Waals surface area contributed by atoms with Gasteiger partial charge in [-0.15, -0.1) is 0 Å². The molecule has 3 nitrogen and oxygen atoms in total. The van der Waals surface area contributed by atoms with Crippen LogP contribution >= 0.6 is 0 Å². The molecule has 3 aliphatic rings. The molecule has 1 atom stereocenters. The molecule has 25 heavy (non-hydrogen) atoms. The van der Waals surface area contributed by atoms with Gasteiger partial charge in [-0.05, 0) is 52.7 Å². The van der Waals surface area contributed by atoms with E-state index in [1.807, 2.05) is 0 Å². The highest BCUT2D eigenvalue weighted by Crippen LogP contribution is 2.41. The molecule has 2 aliphatic carbocycles. The Morgan fingerprint density at radius 3 is 2.60 bits per heavy atom. The summed E-state index contributed by atoms with van der Waals surface area (Å²) < 4.78 is 6.02. The molecule has 1 heterocycles. The number of hydrogen-bond donors (Lipinski definition) is 0. The van der Waals surface area contributed by atoms with Gasteiger partial charge < -0.3 is 4.74 Å². The SMILES string of the molecule is C=C(c1ccc2c(c1)Cc1ccccc1-2)C1COC2(CCCC2)OO1. The first-order valence-corrected chi connectivity index (χ1v) is 9.13. The minimum atomic E-state index is -0.504. The van der Waals surface area contributed by atoms with Crippen molar-refractivity contribution >= 4 is 5.57 Å². The van der Waals surface area contributed by atoms with Gasteiger partial charge in [0.15, 0.2) is 0 Å². The lowest BCUT2D eigenvalue weighted by Gasteiger charge is -2.36. The van der Waals surface area contributed by atoms with Crippen molar-refractivity contribution in [2.45, 2.75) is 44.0 Å². The standard InChI is InChI=1S/C22H22O3/c1-15(21-14-23-22(25-24-21)10-4-5-11-22)16-8-9-20-18(12-16)13-17-6-2-3-7-19(17)20/h2-3,6-9,12,21H,1,4-5,10-11,13-14H2. The summed E-state index contributed by atoms with van der Waals surface area (Å²) in [5.41, 5.74) is 7.44. The molecule has 1 saturated heterocycles. The van der Waals surface area contributed by atoms with Gasteiger partial charge in [-0.25, -0.2) is 9.78 Å². The molecule has 0 radical (unpaired) electrons. The predicted octanol–water partition coefficient (Wildman–Crippen LogP) is 4.89. The van der Waals surface area contributed by atoms with Gasteiger partial charge in [0, 0.05) is 12.8 Å². The molecule has 0 N–H and O–H groups in total. The highest BCUT2D eigenvalue weighted by Gasteiger charge is 2.42. The van der Waals surface area contributed by atoms with E-state index >= 15 is 0 Å². The first-order valence-electron chi connectivity index (χ1n) is 9.13. The van der Waals surface area contributed by atoms with Gasteiger partial charge in [-0.3, -0.25) is 0 Å². The number of fused-ring (bicyclic) bond motifs is 3. The van der Waals surface area contributed by atoms with Crippen molar-refractivity contribution in [3.63, 3.8) is 0 Å². The average molecular weight is 334 g/mol. The molecule has 2 aromatic carbocycles. The Balaban J connectivity index is 1.35. The van der Waals surface area contributed by atoms with Gasteiger partial charge in [0.05, 0.1) is 6.61 Å². The van der Waals surface area contributed by atoms with Crippen LogP contribution < -0.4 is 0 Å². The third-order valence-corrected chi connectivity index (χ3v) is 5.73. The largest absolute Gasteiger partial charge is 0.344 e. The molecule has 128 valence electrons. The Kier molecular flexibility index (Phi) is 3.56. The van der Waals surface area contributed by atoms with Crippen molar-refractivity contribution in [2.75, 3.05) is 6.61 Å². The van der Waals surface area contributed by atoms with Crippen LogP contribution in [-0.4, -0.2) is 18.5 Å². The van der Waals surface area contributed by atoms with Gasteiger partial charge in [0.1, 0.15) is 6.10 Å². The Labute approximate surface area is 148 Å². The lowest BCUT2D eigenvalue weighted by molar-refractivity contribution is -0.475. The maximum absolute atomic E-state index is 6.02. The molecule has 0 amide bonds. The summed E-state index contributed by atoms with van der Waals surface area (Å²) in [6.45, 7) is 4.76. The molecular weight excluding hydrogens is 312 g/mol. The second-order valence-corrected chi connectivity index (χ2v) is 7.33. The normalized spacial score (nSPS) is 23.4. The van der Waals surface area contributed by atoms with Gasteiger partial charge >= 0.3 is 0 Å². The molecule has 1 spiro atoms. The van der Waals surface area contributed by atoms with E-state index in [-0.39, 0.29) is 6.10 Å². The van der Waals surface area contributed by atoms with Gasteiger partial charge in [0.2, 0.25) is 5.79 Å². The Bertz CT molecular complexity index is 823. The van der Waals surface area contributed by atoms with Crippen molar-refractivity contribution < 1.29 is 14.5 Å². The van der Waals surface area contributed by atoms with Crippen LogP contribution in [0.5, 0.6) is 0 Å². The van der Waals surface area contributed by atoms with E-state index in [0.29, 0.717) is 6.61 Å². The fraction of sp³-hybridized carbons (Fsp3) is 0.364. The van der Waals surface area contributed by atoms with Crippen molar-refractivity contribution in [2.24, 2.45) is 0 Å². The molecule has 0 bridgehead atoms. The Morgan fingerprint density at radius 1 is 1.00 bits per heavy atom. The number of hydrogen-bond acceptors (Lipinski definition) is 3. The van der Waals surface area contributed by atoms with Crippen molar-refractivity contribution in [3.8, 4) is 11.1 Å². The molecule has 2 fully saturated rings. The van der Waals surface area contributed by atoms with Crippen LogP contribution in [-0.2, 0) is 20.9 Å². The summed E-state index contributed by atoms with van der Waals surface area (Å²) in [6.07, 6.45) is 4.86. The molecule has 5 rings (SSSR count). The van der Waals surface area contributed by atoms with E-state index in [1.54, 1.807) is 0 Å². The number of benzene rings is 2. The minimum Gasteiger partial charge on any atom is -0.344 e. The Morgan fingerprint density at radius 2 is 1.80 bits per heavy atom. The van der Waals surface area contributed by atoms with E-state index in [2.05, 4.69) is 49.0 Å². The monoisotopic (exact) mass is 334 g/mol. The lowest BCUT2D eigenvalue weighted by atomic mass is 9.97. The van der Waals surface area contributed by atoms with Crippen LogP contribution in [0.1, 0.15) is 42.4 Å². The third kappa shape index (κ3) is 2.54. The summed E-state index contributed by atoms with van der Waals surface area (Å²) in [4.78, 5) is 11.3. The fourth-order valence-electron chi connectivity index (χ4n) is 4.26. The average Bonchev–Trinajstić information content (AvgIpc) is 3.25. The molecule has 0 aromatic heterocycles. The predicted molar refractivity (Wildman–Crippen MR) is 96.8 cm³/mol. The summed E-state index contributed by atoms with van der Waals surface area (Å²) in [5.74, 6) is -0.504. The maximum Gasteiger partial charge on any atom is 0.201 e. The molecule has 1 aliphatic heterocycles. The topological polar surface area (TPSA) is 27.7 Å². The van der Waals surface area contributed by atoms with E-state index in [1.165, 1.54) is 22.3 Å². The Hall–Kier alpha value is -1.94. The maximum atomic E-state index is 6.02. The molecule has 1 unspecified atom stereocenters. The quantitative estimate of drug-likeness (QED) is 0.625. The first kappa shape index (κ1) is 15.3.